The van der Waals surface area contributed by atoms with Crippen LogP contribution < -0.4 is 14.8 Å². The van der Waals surface area contributed by atoms with Crippen molar-refractivity contribution in [2.75, 3.05) is 20.8 Å². The third-order valence-corrected chi connectivity index (χ3v) is 4.27. The lowest BCUT2D eigenvalue weighted by atomic mass is 9.93. The van der Waals surface area contributed by atoms with Crippen LogP contribution in [0.4, 0.5) is 0 Å². The molecule has 3 rings (SSSR count). The van der Waals surface area contributed by atoms with Crippen molar-refractivity contribution in [1.82, 2.24) is 15.5 Å². The molecule has 0 saturated carbocycles. The molecule has 6 nitrogen and oxygen atoms in total. The van der Waals surface area contributed by atoms with Crippen LogP contribution >= 0.6 is 12.4 Å². The Bertz CT molecular complexity index is 662. The van der Waals surface area contributed by atoms with Gasteiger partial charge in [-0.05, 0) is 44.0 Å². The standard InChI is InChI=1S/C17H23N3O3.ClH/c1-11-8-13(6-7-18-11)17-19-16(20-23-17)10-12-4-5-14(21-2)15(9-12)22-3;/h4-5,9,11,13,18H,6-8,10H2,1-3H3;1H/t11-,13-;/m0./s1. The number of benzene rings is 1. The summed E-state index contributed by atoms with van der Waals surface area (Å²) in [5, 5.41) is 7.57. The maximum absolute atomic E-state index is 5.48. The summed E-state index contributed by atoms with van der Waals surface area (Å²) < 4.78 is 16.1. The van der Waals surface area contributed by atoms with Gasteiger partial charge in [0.25, 0.3) is 0 Å². The number of nitrogens with zero attached hydrogens (tertiary/aromatic N) is 2. The van der Waals surface area contributed by atoms with Gasteiger partial charge in [-0.3, -0.25) is 0 Å². The summed E-state index contributed by atoms with van der Waals surface area (Å²) >= 11 is 0. The van der Waals surface area contributed by atoms with Crippen LogP contribution in [0.1, 0.15) is 43.0 Å². The Labute approximate surface area is 148 Å². The van der Waals surface area contributed by atoms with Gasteiger partial charge in [0.2, 0.25) is 5.89 Å². The number of methoxy groups -OCH3 is 2. The van der Waals surface area contributed by atoms with Crippen LogP contribution in [0, 0.1) is 0 Å². The zero-order valence-electron chi connectivity index (χ0n) is 14.2. The van der Waals surface area contributed by atoms with Crippen LogP contribution in [0.5, 0.6) is 11.5 Å². The average molecular weight is 354 g/mol. The second kappa shape index (κ2) is 8.35. The second-order valence-corrected chi connectivity index (χ2v) is 5.99. The molecule has 1 aromatic heterocycles. The molecule has 0 unspecified atom stereocenters. The first-order chi connectivity index (χ1) is 11.2. The first-order valence-electron chi connectivity index (χ1n) is 7.96. The van der Waals surface area contributed by atoms with Gasteiger partial charge in [0, 0.05) is 18.4 Å². The van der Waals surface area contributed by atoms with Gasteiger partial charge < -0.3 is 19.3 Å². The lowest BCUT2D eigenvalue weighted by Gasteiger charge is -2.25. The highest BCUT2D eigenvalue weighted by Crippen LogP contribution is 2.29. The minimum Gasteiger partial charge on any atom is -0.493 e. The number of halogens is 1. The van der Waals surface area contributed by atoms with Gasteiger partial charge in [-0.25, -0.2) is 0 Å². The van der Waals surface area contributed by atoms with Gasteiger partial charge in [0.15, 0.2) is 17.3 Å². The number of ether oxygens (including phenoxy) is 2. The average Bonchev–Trinajstić information content (AvgIpc) is 3.03. The highest BCUT2D eigenvalue weighted by Gasteiger charge is 2.24. The summed E-state index contributed by atoms with van der Waals surface area (Å²) in [6, 6.07) is 6.32. The molecule has 1 aromatic carbocycles. The van der Waals surface area contributed by atoms with Gasteiger partial charge >= 0.3 is 0 Å². The molecule has 132 valence electrons. The van der Waals surface area contributed by atoms with E-state index in [0.717, 1.165) is 30.8 Å². The molecular weight excluding hydrogens is 330 g/mol. The number of rotatable bonds is 5. The maximum Gasteiger partial charge on any atom is 0.229 e. The highest BCUT2D eigenvalue weighted by molar-refractivity contribution is 5.85. The molecule has 1 N–H and O–H groups in total. The zero-order valence-corrected chi connectivity index (χ0v) is 15.1. The van der Waals surface area contributed by atoms with E-state index >= 15 is 0 Å². The molecule has 1 fully saturated rings. The Balaban J connectivity index is 0.00000208. The fraction of sp³-hybridized carbons (Fsp3) is 0.529. The van der Waals surface area contributed by atoms with Crippen LogP contribution in [0.15, 0.2) is 22.7 Å². The third-order valence-electron chi connectivity index (χ3n) is 4.27. The van der Waals surface area contributed by atoms with Gasteiger partial charge in [-0.1, -0.05) is 11.2 Å². The van der Waals surface area contributed by atoms with Crippen LogP contribution in [0.2, 0.25) is 0 Å². The Kier molecular flexibility index (Phi) is 6.45. The molecule has 24 heavy (non-hydrogen) atoms. The van der Waals surface area contributed by atoms with Gasteiger partial charge in [0.1, 0.15) is 0 Å². The van der Waals surface area contributed by atoms with Crippen molar-refractivity contribution in [1.29, 1.82) is 0 Å². The van der Waals surface area contributed by atoms with Crippen molar-refractivity contribution in [3.05, 3.63) is 35.5 Å². The Morgan fingerprint density at radius 1 is 1.25 bits per heavy atom. The van der Waals surface area contributed by atoms with E-state index in [0.29, 0.717) is 35.7 Å². The molecule has 2 aromatic rings. The summed E-state index contributed by atoms with van der Waals surface area (Å²) in [5.74, 6) is 3.25. The molecule has 0 bridgehead atoms. The Morgan fingerprint density at radius 3 is 2.75 bits per heavy atom. The number of nitrogens with one attached hydrogen (secondary N) is 1. The molecule has 2 heterocycles. The molecule has 7 heteroatoms. The molecule has 2 atom stereocenters. The maximum atomic E-state index is 5.48. The Morgan fingerprint density at radius 2 is 2.04 bits per heavy atom. The summed E-state index contributed by atoms with van der Waals surface area (Å²) in [5.41, 5.74) is 1.06. The van der Waals surface area contributed by atoms with Crippen molar-refractivity contribution in [3.63, 3.8) is 0 Å². The third kappa shape index (κ3) is 4.19. The molecule has 1 aliphatic heterocycles. The van der Waals surface area contributed by atoms with E-state index in [1.165, 1.54) is 0 Å². The monoisotopic (exact) mass is 353 g/mol. The van der Waals surface area contributed by atoms with Gasteiger partial charge in [-0.2, -0.15) is 4.98 Å². The number of hydrogen-bond acceptors (Lipinski definition) is 6. The van der Waals surface area contributed by atoms with Crippen molar-refractivity contribution in [3.8, 4) is 11.5 Å². The summed E-state index contributed by atoms with van der Waals surface area (Å²) in [6.07, 6.45) is 2.70. The first kappa shape index (κ1) is 18.5. The van der Waals surface area contributed by atoms with Crippen molar-refractivity contribution < 1.29 is 14.0 Å². The van der Waals surface area contributed by atoms with Crippen LogP contribution in [-0.2, 0) is 6.42 Å². The van der Waals surface area contributed by atoms with E-state index in [4.69, 9.17) is 14.0 Å². The number of piperidine rings is 1. The molecular formula is C17H24ClN3O3. The molecule has 0 amide bonds. The minimum absolute atomic E-state index is 0. The zero-order chi connectivity index (χ0) is 16.2. The quantitative estimate of drug-likeness (QED) is 0.891. The van der Waals surface area contributed by atoms with E-state index in [-0.39, 0.29) is 12.4 Å². The fourth-order valence-corrected chi connectivity index (χ4v) is 3.03. The van der Waals surface area contributed by atoms with Crippen LogP contribution in [0.3, 0.4) is 0 Å². The van der Waals surface area contributed by atoms with E-state index < -0.39 is 0 Å². The lowest BCUT2D eigenvalue weighted by Crippen LogP contribution is -2.34. The van der Waals surface area contributed by atoms with Crippen molar-refractivity contribution in [2.24, 2.45) is 0 Å². The van der Waals surface area contributed by atoms with E-state index in [9.17, 15) is 0 Å². The highest BCUT2D eigenvalue weighted by atomic mass is 35.5. The first-order valence-corrected chi connectivity index (χ1v) is 7.96. The topological polar surface area (TPSA) is 69.4 Å². The normalized spacial score (nSPS) is 20.3. The molecule has 1 aliphatic rings. The van der Waals surface area contributed by atoms with Crippen LogP contribution in [0.25, 0.3) is 0 Å². The fourth-order valence-electron chi connectivity index (χ4n) is 3.03. The number of hydrogen-bond donors (Lipinski definition) is 1. The molecule has 0 radical (unpaired) electrons. The Hall–Kier alpha value is -1.79. The van der Waals surface area contributed by atoms with Gasteiger partial charge in [-0.15, -0.1) is 12.4 Å². The number of aromatic nitrogens is 2. The summed E-state index contributed by atoms with van der Waals surface area (Å²) in [4.78, 5) is 4.58. The van der Waals surface area contributed by atoms with Crippen molar-refractivity contribution >= 4 is 12.4 Å². The summed E-state index contributed by atoms with van der Waals surface area (Å²) in [6.45, 7) is 3.19. The lowest BCUT2D eigenvalue weighted by molar-refractivity contribution is 0.294. The SMILES string of the molecule is COc1ccc(Cc2noc([C@H]3CCN[C@@H](C)C3)n2)cc1OC.Cl. The molecule has 0 aliphatic carbocycles. The van der Waals surface area contributed by atoms with Crippen molar-refractivity contribution in [2.45, 2.75) is 38.1 Å². The van der Waals surface area contributed by atoms with Gasteiger partial charge in [0.05, 0.1) is 14.2 Å². The van der Waals surface area contributed by atoms with E-state index in [2.05, 4.69) is 22.4 Å². The molecule has 1 saturated heterocycles. The minimum atomic E-state index is 0. The molecule has 0 spiro atoms. The second-order valence-electron chi connectivity index (χ2n) is 5.99. The predicted molar refractivity (Wildman–Crippen MR) is 93.3 cm³/mol. The smallest absolute Gasteiger partial charge is 0.229 e. The van der Waals surface area contributed by atoms with Crippen LogP contribution in [-0.4, -0.2) is 36.9 Å². The predicted octanol–water partition coefficient (Wildman–Crippen LogP) is 2.95. The summed E-state index contributed by atoms with van der Waals surface area (Å²) in [7, 11) is 3.26. The van der Waals surface area contributed by atoms with E-state index in [1.807, 2.05) is 18.2 Å². The largest absolute Gasteiger partial charge is 0.493 e. The van der Waals surface area contributed by atoms with E-state index in [1.54, 1.807) is 14.2 Å².